The van der Waals surface area contributed by atoms with Gasteiger partial charge in [0.1, 0.15) is 5.00 Å². The number of carbonyl (C=O) groups is 5. The maximum absolute atomic E-state index is 12.4. The van der Waals surface area contributed by atoms with Crippen molar-refractivity contribution in [3.63, 3.8) is 0 Å². The molecule has 35 heavy (non-hydrogen) atoms. The summed E-state index contributed by atoms with van der Waals surface area (Å²) in [5.74, 6) is -1.95. The third-order valence-corrected chi connectivity index (χ3v) is 7.33. The second kappa shape index (κ2) is 10.4. The standard InChI is InChI=1S/C25H26N2O7S/c1-14-9-10-17-18(12-14)35-22(21(17)25(32)33-2)26-19(28)13-34-20(29)8-5-11-27-23(30)15-6-3-4-7-16(15)24(27)31/h3-4,6-7,14H,5,8-13H2,1-2H3,(H,26,28). The topological polar surface area (TPSA) is 119 Å². The number of hydrogen-bond donors (Lipinski definition) is 1. The molecule has 3 amide bonds. The van der Waals surface area contributed by atoms with Crippen LogP contribution in [0.1, 0.15) is 67.7 Å². The van der Waals surface area contributed by atoms with E-state index in [2.05, 4.69) is 12.2 Å². The lowest BCUT2D eigenvalue weighted by Crippen LogP contribution is -2.31. The van der Waals surface area contributed by atoms with Crippen LogP contribution in [0.5, 0.6) is 0 Å². The molecular weight excluding hydrogens is 472 g/mol. The Kier molecular flexibility index (Phi) is 7.30. The van der Waals surface area contributed by atoms with E-state index in [1.165, 1.54) is 18.4 Å². The fourth-order valence-electron chi connectivity index (χ4n) is 4.36. The van der Waals surface area contributed by atoms with Crippen molar-refractivity contribution in [3.8, 4) is 0 Å². The van der Waals surface area contributed by atoms with Gasteiger partial charge in [-0.1, -0.05) is 19.1 Å². The van der Waals surface area contributed by atoms with Crippen molar-refractivity contribution in [3.05, 3.63) is 51.4 Å². The van der Waals surface area contributed by atoms with Crippen molar-refractivity contribution in [2.24, 2.45) is 5.92 Å². The number of hydrogen-bond acceptors (Lipinski definition) is 8. The van der Waals surface area contributed by atoms with Crippen LogP contribution in [0.4, 0.5) is 5.00 Å². The molecule has 1 atom stereocenters. The molecule has 184 valence electrons. The first-order valence-electron chi connectivity index (χ1n) is 11.4. The zero-order chi connectivity index (χ0) is 25.1. The molecule has 1 aliphatic heterocycles. The summed E-state index contributed by atoms with van der Waals surface area (Å²) in [6.45, 7) is 1.72. The molecule has 1 N–H and O–H groups in total. The Labute approximate surface area is 206 Å². The number of anilines is 1. The summed E-state index contributed by atoms with van der Waals surface area (Å²) in [5.41, 5.74) is 2.00. The molecule has 1 aromatic carbocycles. The zero-order valence-electron chi connectivity index (χ0n) is 19.5. The van der Waals surface area contributed by atoms with Gasteiger partial charge in [0.2, 0.25) is 0 Å². The van der Waals surface area contributed by atoms with Crippen LogP contribution < -0.4 is 5.32 Å². The molecular formula is C25H26N2O7S. The molecule has 9 nitrogen and oxygen atoms in total. The largest absolute Gasteiger partial charge is 0.465 e. The molecule has 0 spiro atoms. The number of carbonyl (C=O) groups excluding carboxylic acids is 5. The summed E-state index contributed by atoms with van der Waals surface area (Å²) in [7, 11) is 1.30. The number of nitrogens with zero attached hydrogens (tertiary/aromatic N) is 1. The summed E-state index contributed by atoms with van der Waals surface area (Å²) in [6.07, 6.45) is 2.70. The highest BCUT2D eigenvalue weighted by Crippen LogP contribution is 2.40. The molecule has 1 aliphatic carbocycles. The van der Waals surface area contributed by atoms with E-state index in [0.29, 0.717) is 27.6 Å². The number of nitrogens with one attached hydrogen (secondary N) is 1. The molecule has 10 heteroatoms. The van der Waals surface area contributed by atoms with Crippen molar-refractivity contribution < 1.29 is 33.4 Å². The van der Waals surface area contributed by atoms with Crippen LogP contribution in [-0.2, 0) is 31.9 Å². The summed E-state index contributed by atoms with van der Waals surface area (Å²) in [6, 6.07) is 6.57. The third-order valence-electron chi connectivity index (χ3n) is 6.16. The summed E-state index contributed by atoms with van der Waals surface area (Å²) < 4.78 is 9.96. The fraction of sp³-hybridized carbons (Fsp3) is 0.400. The number of methoxy groups -OCH3 is 1. The maximum Gasteiger partial charge on any atom is 0.341 e. The Bertz CT molecular complexity index is 1170. The first-order valence-corrected chi connectivity index (χ1v) is 12.2. The Hall–Kier alpha value is -3.53. The minimum atomic E-state index is -0.621. The van der Waals surface area contributed by atoms with E-state index in [4.69, 9.17) is 9.47 Å². The molecule has 4 rings (SSSR count). The molecule has 2 aromatic rings. The van der Waals surface area contributed by atoms with Crippen LogP contribution in [0.25, 0.3) is 0 Å². The van der Waals surface area contributed by atoms with Crippen LogP contribution >= 0.6 is 11.3 Å². The van der Waals surface area contributed by atoms with E-state index in [9.17, 15) is 24.0 Å². The number of fused-ring (bicyclic) bond motifs is 2. The van der Waals surface area contributed by atoms with Crippen molar-refractivity contribution in [2.45, 2.75) is 39.0 Å². The van der Waals surface area contributed by atoms with Crippen molar-refractivity contribution >= 4 is 46.0 Å². The van der Waals surface area contributed by atoms with E-state index >= 15 is 0 Å². The predicted molar refractivity (Wildman–Crippen MR) is 127 cm³/mol. The number of thiophene rings is 1. The zero-order valence-corrected chi connectivity index (χ0v) is 20.4. The summed E-state index contributed by atoms with van der Waals surface area (Å²) >= 11 is 1.35. The first kappa shape index (κ1) is 24.6. The normalized spacial score (nSPS) is 16.5. The highest BCUT2D eigenvalue weighted by molar-refractivity contribution is 7.17. The first-order chi connectivity index (χ1) is 16.8. The van der Waals surface area contributed by atoms with Gasteiger partial charge in [0.15, 0.2) is 6.61 Å². The van der Waals surface area contributed by atoms with Gasteiger partial charge in [0.05, 0.1) is 23.8 Å². The van der Waals surface area contributed by atoms with E-state index in [1.807, 2.05) is 0 Å². The monoisotopic (exact) mass is 498 g/mol. The predicted octanol–water partition coefficient (Wildman–Crippen LogP) is 3.22. The van der Waals surface area contributed by atoms with Crippen LogP contribution in [0.3, 0.4) is 0 Å². The van der Waals surface area contributed by atoms with Gasteiger partial charge in [-0.05, 0) is 49.3 Å². The molecule has 0 saturated carbocycles. The van der Waals surface area contributed by atoms with E-state index in [-0.39, 0.29) is 31.2 Å². The Morgan fingerprint density at radius 1 is 1.14 bits per heavy atom. The lowest BCUT2D eigenvalue weighted by atomic mass is 9.88. The molecule has 0 radical (unpaired) electrons. The lowest BCUT2D eigenvalue weighted by molar-refractivity contribution is -0.147. The average molecular weight is 499 g/mol. The van der Waals surface area contributed by atoms with E-state index in [0.717, 1.165) is 34.6 Å². The van der Waals surface area contributed by atoms with Gasteiger partial charge in [-0.15, -0.1) is 11.3 Å². The van der Waals surface area contributed by atoms with Gasteiger partial charge in [-0.2, -0.15) is 0 Å². The van der Waals surface area contributed by atoms with Crippen molar-refractivity contribution in [2.75, 3.05) is 25.6 Å². The number of ether oxygens (including phenoxy) is 2. The van der Waals surface area contributed by atoms with Gasteiger partial charge < -0.3 is 14.8 Å². The smallest absolute Gasteiger partial charge is 0.341 e. The second-order valence-electron chi connectivity index (χ2n) is 8.67. The number of esters is 2. The molecule has 0 saturated heterocycles. The van der Waals surface area contributed by atoms with Crippen molar-refractivity contribution in [1.82, 2.24) is 4.90 Å². The average Bonchev–Trinajstić information content (AvgIpc) is 3.31. The molecule has 1 unspecified atom stereocenters. The van der Waals surface area contributed by atoms with Crippen LogP contribution in [-0.4, -0.2) is 54.8 Å². The third kappa shape index (κ3) is 5.12. The Morgan fingerprint density at radius 3 is 2.49 bits per heavy atom. The lowest BCUT2D eigenvalue weighted by Gasteiger charge is -2.18. The molecule has 2 heterocycles. The van der Waals surface area contributed by atoms with Crippen LogP contribution in [0, 0.1) is 5.92 Å². The van der Waals surface area contributed by atoms with Gasteiger partial charge in [0.25, 0.3) is 17.7 Å². The molecule has 0 bridgehead atoms. The van der Waals surface area contributed by atoms with Gasteiger partial charge in [0, 0.05) is 17.8 Å². The molecule has 1 aromatic heterocycles. The quantitative estimate of drug-likeness (QED) is 0.438. The minimum absolute atomic E-state index is 0.0563. The summed E-state index contributed by atoms with van der Waals surface area (Å²) in [5, 5.41) is 3.08. The molecule has 0 fully saturated rings. The molecule has 2 aliphatic rings. The maximum atomic E-state index is 12.4. The second-order valence-corrected chi connectivity index (χ2v) is 9.77. The number of amides is 3. The van der Waals surface area contributed by atoms with Crippen LogP contribution in [0.15, 0.2) is 24.3 Å². The Balaban J connectivity index is 1.27. The SMILES string of the molecule is COC(=O)c1c(NC(=O)COC(=O)CCCN2C(=O)c3ccccc3C2=O)sc2c1CCC(C)C2. The minimum Gasteiger partial charge on any atom is -0.465 e. The van der Waals surface area contributed by atoms with E-state index < -0.39 is 24.5 Å². The van der Waals surface area contributed by atoms with E-state index in [1.54, 1.807) is 24.3 Å². The van der Waals surface area contributed by atoms with Gasteiger partial charge >= 0.3 is 11.9 Å². The number of benzene rings is 1. The van der Waals surface area contributed by atoms with Gasteiger partial charge in [-0.3, -0.25) is 24.1 Å². The highest BCUT2D eigenvalue weighted by Gasteiger charge is 2.34. The van der Waals surface area contributed by atoms with Crippen LogP contribution in [0.2, 0.25) is 0 Å². The summed E-state index contributed by atoms with van der Waals surface area (Å²) in [4.78, 5) is 63.8. The Morgan fingerprint density at radius 2 is 1.83 bits per heavy atom. The van der Waals surface area contributed by atoms with Crippen molar-refractivity contribution in [1.29, 1.82) is 0 Å². The fourth-order valence-corrected chi connectivity index (χ4v) is 5.78. The number of imide groups is 1. The highest BCUT2D eigenvalue weighted by atomic mass is 32.1. The number of rotatable bonds is 8. The van der Waals surface area contributed by atoms with Gasteiger partial charge in [-0.25, -0.2) is 4.79 Å².